The van der Waals surface area contributed by atoms with Gasteiger partial charge in [-0.2, -0.15) is 0 Å². The molecule has 0 saturated heterocycles. The van der Waals surface area contributed by atoms with Crippen molar-refractivity contribution in [2.75, 3.05) is 10.6 Å². The first-order valence-electron chi connectivity index (χ1n) is 9.62. The highest BCUT2D eigenvalue weighted by molar-refractivity contribution is 6.14. The number of furan rings is 1. The fourth-order valence-electron chi connectivity index (χ4n) is 3.03. The van der Waals surface area contributed by atoms with E-state index in [1.165, 1.54) is 24.3 Å². The fourth-order valence-corrected chi connectivity index (χ4v) is 3.03. The molecule has 2 amide bonds. The van der Waals surface area contributed by atoms with Crippen LogP contribution in [0.15, 0.2) is 83.3 Å². The maximum atomic E-state index is 13.1. The summed E-state index contributed by atoms with van der Waals surface area (Å²) in [5, 5.41) is 5.97. The van der Waals surface area contributed by atoms with Gasteiger partial charge in [0, 0.05) is 11.1 Å². The minimum atomic E-state index is -0.816. The van der Waals surface area contributed by atoms with E-state index in [4.69, 9.17) is 9.15 Å². The number of rotatable bonds is 6. The van der Waals surface area contributed by atoms with Crippen LogP contribution in [0.2, 0.25) is 0 Å². The molecule has 0 spiro atoms. The predicted molar refractivity (Wildman–Crippen MR) is 116 cm³/mol. The molecule has 0 aliphatic heterocycles. The molecule has 156 valence electrons. The monoisotopic (exact) mass is 418 g/mol. The lowest BCUT2D eigenvalue weighted by Gasteiger charge is -2.15. The van der Waals surface area contributed by atoms with Crippen LogP contribution in [0.25, 0.3) is 11.0 Å². The van der Waals surface area contributed by atoms with Gasteiger partial charge in [0.25, 0.3) is 11.8 Å². The summed E-state index contributed by atoms with van der Waals surface area (Å²) in [6.07, 6.45) is -0.816. The topological polar surface area (TPSA) is 80.6 Å². The average molecular weight is 418 g/mol. The van der Waals surface area contributed by atoms with Crippen molar-refractivity contribution in [3.8, 4) is 5.75 Å². The number of carbonyl (C=O) groups excluding carboxylic acids is 2. The molecule has 4 aromatic rings. The van der Waals surface area contributed by atoms with Gasteiger partial charge in [0.05, 0.1) is 0 Å². The molecule has 2 N–H and O–H groups in total. The summed E-state index contributed by atoms with van der Waals surface area (Å²) in [6, 6.07) is 21.3. The van der Waals surface area contributed by atoms with Crippen molar-refractivity contribution < 1.29 is 23.1 Å². The SMILES string of the molecule is C[C@H](Oc1ccccc1)C(=O)Nc1c(C(=O)Nc2ccc(F)cc2)oc2ccccc12. The zero-order valence-corrected chi connectivity index (χ0v) is 16.6. The lowest BCUT2D eigenvalue weighted by Crippen LogP contribution is -2.30. The molecule has 1 aromatic heterocycles. The number of nitrogens with one attached hydrogen (secondary N) is 2. The Morgan fingerprint density at radius 2 is 1.58 bits per heavy atom. The smallest absolute Gasteiger partial charge is 0.293 e. The highest BCUT2D eigenvalue weighted by Crippen LogP contribution is 2.32. The van der Waals surface area contributed by atoms with Gasteiger partial charge < -0.3 is 19.8 Å². The molecule has 6 nitrogen and oxygen atoms in total. The quantitative estimate of drug-likeness (QED) is 0.449. The van der Waals surface area contributed by atoms with Gasteiger partial charge in [-0.15, -0.1) is 0 Å². The molecule has 0 bridgehead atoms. The number of carbonyl (C=O) groups is 2. The molecule has 0 radical (unpaired) electrons. The summed E-state index contributed by atoms with van der Waals surface area (Å²) in [6.45, 7) is 1.61. The summed E-state index contributed by atoms with van der Waals surface area (Å²) in [5.41, 5.74) is 1.08. The van der Waals surface area contributed by atoms with Crippen LogP contribution in [-0.4, -0.2) is 17.9 Å². The first kappa shape index (κ1) is 20.2. The molecule has 7 heteroatoms. The molecule has 1 atom stereocenters. The zero-order valence-electron chi connectivity index (χ0n) is 16.6. The Kier molecular flexibility index (Phi) is 5.66. The summed E-state index contributed by atoms with van der Waals surface area (Å²) in [7, 11) is 0. The van der Waals surface area contributed by atoms with Gasteiger partial charge in [-0.05, 0) is 55.5 Å². The van der Waals surface area contributed by atoms with Crippen molar-refractivity contribution in [2.45, 2.75) is 13.0 Å². The van der Waals surface area contributed by atoms with E-state index < -0.39 is 23.7 Å². The van der Waals surface area contributed by atoms with Gasteiger partial charge in [0.15, 0.2) is 6.10 Å². The van der Waals surface area contributed by atoms with Crippen molar-refractivity contribution in [1.82, 2.24) is 0 Å². The van der Waals surface area contributed by atoms with Crippen LogP contribution in [0, 0.1) is 5.82 Å². The molecule has 1 heterocycles. The van der Waals surface area contributed by atoms with E-state index in [9.17, 15) is 14.0 Å². The van der Waals surface area contributed by atoms with Gasteiger partial charge in [0.1, 0.15) is 22.8 Å². The number of amides is 2. The van der Waals surface area contributed by atoms with Crippen LogP contribution in [0.1, 0.15) is 17.5 Å². The summed E-state index contributed by atoms with van der Waals surface area (Å²) >= 11 is 0. The summed E-state index contributed by atoms with van der Waals surface area (Å²) in [5.74, 6) is -0.940. The van der Waals surface area contributed by atoms with Crippen LogP contribution in [0.4, 0.5) is 15.8 Å². The van der Waals surface area contributed by atoms with Crippen LogP contribution >= 0.6 is 0 Å². The van der Waals surface area contributed by atoms with E-state index >= 15 is 0 Å². The Morgan fingerprint density at radius 1 is 0.903 bits per heavy atom. The second-order valence-electron chi connectivity index (χ2n) is 6.83. The Hall–Kier alpha value is -4.13. The molecule has 0 fully saturated rings. The first-order valence-corrected chi connectivity index (χ1v) is 9.62. The number of anilines is 2. The van der Waals surface area contributed by atoms with Crippen molar-refractivity contribution in [3.05, 3.63) is 90.4 Å². The van der Waals surface area contributed by atoms with Crippen molar-refractivity contribution >= 4 is 34.2 Å². The molecule has 4 rings (SSSR count). The lowest BCUT2D eigenvalue weighted by molar-refractivity contribution is -0.122. The highest BCUT2D eigenvalue weighted by Gasteiger charge is 2.25. The van der Waals surface area contributed by atoms with E-state index in [-0.39, 0.29) is 11.4 Å². The van der Waals surface area contributed by atoms with Gasteiger partial charge in [0.2, 0.25) is 5.76 Å². The fraction of sp³-hybridized carbons (Fsp3) is 0.0833. The predicted octanol–water partition coefficient (Wildman–Crippen LogP) is 5.23. The minimum Gasteiger partial charge on any atom is -0.481 e. The van der Waals surface area contributed by atoms with Crippen LogP contribution in [0.3, 0.4) is 0 Å². The second kappa shape index (κ2) is 8.71. The number of fused-ring (bicyclic) bond motifs is 1. The molecular weight excluding hydrogens is 399 g/mol. The third-order valence-electron chi connectivity index (χ3n) is 4.58. The standard InChI is InChI=1S/C24H19FN2O4/c1-15(30-18-7-3-2-4-8-18)23(28)27-21-19-9-5-6-10-20(19)31-22(21)24(29)26-17-13-11-16(25)12-14-17/h2-15H,1H3,(H,26,29)(H,27,28)/t15-/m0/s1. The Balaban J connectivity index is 1.59. The third kappa shape index (κ3) is 4.56. The molecule has 0 aliphatic carbocycles. The maximum Gasteiger partial charge on any atom is 0.293 e. The minimum absolute atomic E-state index is 0.0641. The first-order chi connectivity index (χ1) is 15.0. The van der Waals surface area contributed by atoms with Crippen LogP contribution in [0.5, 0.6) is 5.75 Å². The van der Waals surface area contributed by atoms with Crippen molar-refractivity contribution in [1.29, 1.82) is 0 Å². The van der Waals surface area contributed by atoms with Gasteiger partial charge >= 0.3 is 0 Å². The van der Waals surface area contributed by atoms with E-state index in [0.717, 1.165) is 0 Å². The molecule has 3 aromatic carbocycles. The van der Waals surface area contributed by atoms with Crippen molar-refractivity contribution in [3.63, 3.8) is 0 Å². The van der Waals surface area contributed by atoms with E-state index in [1.807, 2.05) is 6.07 Å². The molecule has 0 aliphatic rings. The van der Waals surface area contributed by atoms with E-state index in [1.54, 1.807) is 55.5 Å². The number of halogens is 1. The number of ether oxygens (including phenoxy) is 1. The van der Waals surface area contributed by atoms with Gasteiger partial charge in [-0.1, -0.05) is 30.3 Å². The van der Waals surface area contributed by atoms with E-state index in [0.29, 0.717) is 22.4 Å². The molecule has 0 saturated carbocycles. The Labute approximate surface area is 177 Å². The lowest BCUT2D eigenvalue weighted by atomic mass is 10.2. The largest absolute Gasteiger partial charge is 0.481 e. The molecule has 0 unspecified atom stereocenters. The number of hydrogen-bond acceptors (Lipinski definition) is 4. The Morgan fingerprint density at radius 3 is 2.32 bits per heavy atom. The summed E-state index contributed by atoms with van der Waals surface area (Å²) < 4.78 is 24.5. The average Bonchev–Trinajstić information content (AvgIpc) is 3.14. The van der Waals surface area contributed by atoms with Gasteiger partial charge in [-0.25, -0.2) is 4.39 Å². The normalized spacial score (nSPS) is 11.7. The highest BCUT2D eigenvalue weighted by atomic mass is 19.1. The molecular formula is C24H19FN2O4. The summed E-state index contributed by atoms with van der Waals surface area (Å²) in [4.78, 5) is 25.6. The second-order valence-corrected chi connectivity index (χ2v) is 6.83. The van der Waals surface area contributed by atoms with Crippen LogP contribution in [-0.2, 0) is 4.79 Å². The van der Waals surface area contributed by atoms with Crippen LogP contribution < -0.4 is 15.4 Å². The van der Waals surface area contributed by atoms with Gasteiger partial charge in [-0.3, -0.25) is 9.59 Å². The Bertz CT molecular complexity index is 1220. The number of benzene rings is 3. The molecule has 31 heavy (non-hydrogen) atoms. The maximum absolute atomic E-state index is 13.1. The third-order valence-corrected chi connectivity index (χ3v) is 4.58. The number of hydrogen-bond donors (Lipinski definition) is 2. The van der Waals surface area contributed by atoms with Crippen molar-refractivity contribution in [2.24, 2.45) is 0 Å². The van der Waals surface area contributed by atoms with E-state index in [2.05, 4.69) is 10.6 Å². The number of para-hydroxylation sites is 2. The zero-order chi connectivity index (χ0) is 21.8.